The fraction of sp³-hybridized carbons (Fsp3) is 0.0667. The smallest absolute Gasteiger partial charge is 0.156 e. The average molecular weight is 655 g/mol. The Balaban J connectivity index is 1.35. The molecule has 1 aliphatic rings. The van der Waals surface area contributed by atoms with Crippen LogP contribution in [0.5, 0.6) is 11.5 Å². The number of rotatable bonds is 8. The maximum absolute atomic E-state index is 7.45. The van der Waals surface area contributed by atoms with E-state index in [0.717, 1.165) is 45.4 Å². The summed E-state index contributed by atoms with van der Waals surface area (Å²) in [6.07, 6.45) is 0. The highest BCUT2D eigenvalue weighted by Crippen LogP contribution is 2.57. The van der Waals surface area contributed by atoms with Gasteiger partial charge in [-0.05, 0) is 83.4 Å². The summed E-state index contributed by atoms with van der Waals surface area (Å²) in [5.74, 6) is 1.36. The van der Waals surface area contributed by atoms with E-state index in [1.807, 2.05) is 66.7 Å². The molecule has 3 nitrogen and oxygen atoms in total. The fourth-order valence-corrected chi connectivity index (χ4v) is 7.37. The van der Waals surface area contributed by atoms with Gasteiger partial charge >= 0.3 is 0 Å². The van der Waals surface area contributed by atoms with Crippen LogP contribution < -0.4 is 14.5 Å². The number of para-hydroxylation sites is 4. The van der Waals surface area contributed by atoms with E-state index in [9.17, 15) is 0 Å². The average Bonchev–Trinajstić information content (AvgIpc) is 3.39. The summed E-state index contributed by atoms with van der Waals surface area (Å²) in [6, 6.07) is 60.6. The summed E-state index contributed by atoms with van der Waals surface area (Å²) in [5.41, 5.74) is 10.3. The van der Waals surface area contributed by atoms with Crippen LogP contribution in [0.4, 0.5) is 34.1 Å². The van der Waals surface area contributed by atoms with Gasteiger partial charge in [0.15, 0.2) is 5.75 Å². The van der Waals surface area contributed by atoms with E-state index in [0.29, 0.717) is 10.8 Å². The molecule has 0 spiro atoms. The van der Waals surface area contributed by atoms with Crippen molar-refractivity contribution in [3.8, 4) is 22.6 Å². The number of benzene rings is 7. The lowest BCUT2D eigenvalue weighted by Gasteiger charge is -2.32. The molecule has 49 heavy (non-hydrogen) atoms. The first-order valence-electron chi connectivity index (χ1n) is 16.6. The molecule has 0 atom stereocenters. The van der Waals surface area contributed by atoms with Crippen molar-refractivity contribution in [1.82, 2.24) is 0 Å². The highest BCUT2D eigenvalue weighted by molar-refractivity contribution is 6.35. The summed E-state index contributed by atoms with van der Waals surface area (Å²) < 4.78 is 7.24. The molecule has 0 bridgehead atoms. The Hall–Kier alpha value is -5.77. The summed E-state index contributed by atoms with van der Waals surface area (Å²) >= 11 is 7.45. The van der Waals surface area contributed by atoms with E-state index in [4.69, 9.17) is 16.3 Å². The Labute approximate surface area is 293 Å². The van der Waals surface area contributed by atoms with Crippen LogP contribution in [0, 0.1) is 0 Å². The lowest BCUT2D eigenvalue weighted by molar-refractivity contribution is 0.466. The van der Waals surface area contributed by atoms with Crippen LogP contribution in [-0.2, 0) is 5.41 Å². The van der Waals surface area contributed by atoms with Gasteiger partial charge in [0.1, 0.15) is 10.8 Å². The van der Waals surface area contributed by atoms with Gasteiger partial charge in [0.2, 0.25) is 0 Å². The first-order chi connectivity index (χ1) is 24.0. The molecule has 1 aliphatic carbocycles. The highest BCUT2D eigenvalue weighted by Gasteiger charge is 2.40. The summed E-state index contributed by atoms with van der Waals surface area (Å²) in [6.45, 7) is 4.57. The van der Waals surface area contributed by atoms with Gasteiger partial charge in [-0.15, -0.1) is 0 Å². The van der Waals surface area contributed by atoms with Crippen molar-refractivity contribution in [2.45, 2.75) is 19.3 Å². The zero-order valence-electron chi connectivity index (χ0n) is 27.4. The molecule has 0 saturated heterocycles. The quantitative estimate of drug-likeness (QED) is 0.162. The SMILES string of the molecule is CC1(C)c2ccccc2-c2ccc(N(c3ccccc3)c3ccccc3)c(Oc3cccc(N(c4ccccc4)c4ccccc4)c3Cl)c21. The molecule has 8 rings (SSSR count). The third-order valence-corrected chi connectivity index (χ3v) is 9.73. The normalized spacial score (nSPS) is 12.6. The van der Waals surface area contributed by atoms with E-state index in [1.165, 1.54) is 16.7 Å². The van der Waals surface area contributed by atoms with E-state index >= 15 is 0 Å². The van der Waals surface area contributed by atoms with Crippen molar-refractivity contribution < 1.29 is 4.74 Å². The van der Waals surface area contributed by atoms with Gasteiger partial charge in [-0.2, -0.15) is 0 Å². The van der Waals surface area contributed by atoms with Crippen LogP contribution >= 0.6 is 11.6 Å². The van der Waals surface area contributed by atoms with Crippen molar-refractivity contribution >= 4 is 45.7 Å². The third-order valence-electron chi connectivity index (χ3n) is 9.35. The lowest BCUT2D eigenvalue weighted by Crippen LogP contribution is -2.18. The van der Waals surface area contributed by atoms with Crippen LogP contribution in [0.1, 0.15) is 25.0 Å². The maximum Gasteiger partial charge on any atom is 0.156 e. The Morgan fingerprint density at radius 2 is 0.918 bits per heavy atom. The monoisotopic (exact) mass is 654 g/mol. The molecule has 0 radical (unpaired) electrons. The molecule has 0 aromatic heterocycles. The number of nitrogens with zero attached hydrogens (tertiary/aromatic N) is 2. The largest absolute Gasteiger partial charge is 0.453 e. The molecule has 0 aliphatic heterocycles. The van der Waals surface area contributed by atoms with Crippen LogP contribution in [-0.4, -0.2) is 0 Å². The minimum Gasteiger partial charge on any atom is -0.453 e. The molecule has 0 fully saturated rings. The third kappa shape index (κ3) is 5.43. The number of halogens is 1. The number of anilines is 6. The summed E-state index contributed by atoms with van der Waals surface area (Å²) in [7, 11) is 0. The number of hydrogen-bond donors (Lipinski definition) is 0. The zero-order valence-corrected chi connectivity index (χ0v) is 28.2. The number of fused-ring (bicyclic) bond motifs is 3. The second kappa shape index (κ2) is 12.7. The Morgan fingerprint density at radius 1 is 0.449 bits per heavy atom. The van der Waals surface area contributed by atoms with Crippen molar-refractivity contribution in [3.05, 3.63) is 192 Å². The van der Waals surface area contributed by atoms with Gasteiger partial charge in [0.05, 0.1) is 11.4 Å². The molecule has 0 saturated carbocycles. The molecule has 238 valence electrons. The minimum atomic E-state index is -0.333. The first kappa shape index (κ1) is 30.6. The summed E-state index contributed by atoms with van der Waals surface area (Å²) in [4.78, 5) is 4.44. The summed E-state index contributed by atoms with van der Waals surface area (Å²) in [5, 5.41) is 0.526. The Bertz CT molecular complexity index is 2160. The van der Waals surface area contributed by atoms with Gasteiger partial charge in [-0.25, -0.2) is 0 Å². The second-order valence-corrected chi connectivity index (χ2v) is 13.1. The zero-order chi connectivity index (χ0) is 33.4. The minimum absolute atomic E-state index is 0.333. The standard InChI is InChI=1S/C45H35ClN2O/c1-45(2)38-27-16-15-26-36(38)37-30-31-40(48(34-22-11-5-12-23-34)35-24-13-6-14-25-35)44(42(37)45)49-41-29-17-28-39(43(41)46)47(32-18-7-3-8-19-32)33-20-9-4-10-21-33/h3-31H,1-2H3. The van der Waals surface area contributed by atoms with Gasteiger partial charge in [0.25, 0.3) is 0 Å². The predicted octanol–water partition coefficient (Wildman–Crippen LogP) is 13.4. The molecule has 0 amide bonds. The Morgan fingerprint density at radius 3 is 1.45 bits per heavy atom. The highest BCUT2D eigenvalue weighted by atomic mass is 35.5. The Kier molecular flexibility index (Phi) is 7.91. The lowest BCUT2D eigenvalue weighted by atomic mass is 9.81. The van der Waals surface area contributed by atoms with E-state index in [1.54, 1.807) is 0 Å². The van der Waals surface area contributed by atoms with Gasteiger partial charge in [-0.3, -0.25) is 0 Å². The molecule has 0 heterocycles. The van der Waals surface area contributed by atoms with Crippen molar-refractivity contribution in [2.24, 2.45) is 0 Å². The topological polar surface area (TPSA) is 15.7 Å². The van der Waals surface area contributed by atoms with Crippen LogP contribution in [0.15, 0.2) is 176 Å². The molecule has 0 N–H and O–H groups in total. The van der Waals surface area contributed by atoms with Crippen LogP contribution in [0.2, 0.25) is 5.02 Å². The van der Waals surface area contributed by atoms with Gasteiger partial charge in [-0.1, -0.05) is 135 Å². The molecule has 7 aromatic rings. The van der Waals surface area contributed by atoms with Crippen molar-refractivity contribution in [3.63, 3.8) is 0 Å². The van der Waals surface area contributed by atoms with Crippen LogP contribution in [0.3, 0.4) is 0 Å². The van der Waals surface area contributed by atoms with E-state index in [-0.39, 0.29) is 5.41 Å². The molecule has 7 aromatic carbocycles. The molecular formula is C45H35ClN2O. The number of ether oxygens (including phenoxy) is 1. The van der Waals surface area contributed by atoms with Crippen LogP contribution in [0.25, 0.3) is 11.1 Å². The molecule has 0 unspecified atom stereocenters. The van der Waals surface area contributed by atoms with Gasteiger partial charge < -0.3 is 14.5 Å². The predicted molar refractivity (Wildman–Crippen MR) is 205 cm³/mol. The fourth-order valence-electron chi connectivity index (χ4n) is 7.12. The van der Waals surface area contributed by atoms with E-state index < -0.39 is 0 Å². The second-order valence-electron chi connectivity index (χ2n) is 12.7. The van der Waals surface area contributed by atoms with Crippen molar-refractivity contribution in [2.75, 3.05) is 9.80 Å². The van der Waals surface area contributed by atoms with Gasteiger partial charge in [0, 0.05) is 33.7 Å². The van der Waals surface area contributed by atoms with Crippen molar-refractivity contribution in [1.29, 1.82) is 0 Å². The molecule has 4 heteroatoms. The van der Waals surface area contributed by atoms with E-state index in [2.05, 4.69) is 133 Å². The number of hydrogen-bond acceptors (Lipinski definition) is 3. The first-order valence-corrected chi connectivity index (χ1v) is 16.9. The molecular weight excluding hydrogens is 620 g/mol. The maximum atomic E-state index is 7.45.